The lowest BCUT2D eigenvalue weighted by Gasteiger charge is -2.21. The first-order valence-electron chi connectivity index (χ1n) is 6.99. The first-order valence-corrected chi connectivity index (χ1v) is 7.37. The number of hydrogen-bond donors (Lipinski definition) is 1. The minimum absolute atomic E-state index is 0. The highest BCUT2D eigenvalue weighted by Crippen LogP contribution is 2.24. The summed E-state index contributed by atoms with van der Waals surface area (Å²) in [4.78, 5) is 12.6. The Morgan fingerprint density at radius 1 is 1.46 bits per heavy atom. The largest absolute Gasteiger partial charge is 0.351 e. The van der Waals surface area contributed by atoms with E-state index >= 15 is 0 Å². The summed E-state index contributed by atoms with van der Waals surface area (Å²) in [6.45, 7) is 0.278. The summed E-state index contributed by atoms with van der Waals surface area (Å²) in [5.74, 6) is -0.514. The van der Waals surface area contributed by atoms with Gasteiger partial charge in [0.1, 0.15) is 17.7 Å². The van der Waals surface area contributed by atoms with Gasteiger partial charge in [0.15, 0.2) is 0 Å². The van der Waals surface area contributed by atoms with Crippen molar-refractivity contribution >= 4 is 17.6 Å². The number of rotatable bonds is 3. The van der Waals surface area contributed by atoms with Gasteiger partial charge in [-0.2, -0.15) is 0 Å². The second kappa shape index (κ2) is 7.12. The van der Waals surface area contributed by atoms with Crippen molar-refractivity contribution in [3.05, 3.63) is 35.2 Å². The number of urea groups is 1. The molecule has 1 aromatic heterocycles. The molecule has 130 valence electrons. The van der Waals surface area contributed by atoms with Gasteiger partial charge in [-0.05, 0) is 18.2 Å². The first kappa shape index (κ1) is 18.1. The number of aromatic nitrogens is 3. The van der Waals surface area contributed by atoms with E-state index in [4.69, 9.17) is 17.3 Å². The van der Waals surface area contributed by atoms with Gasteiger partial charge < -0.3 is 10.6 Å². The normalized spacial score (nSPS) is 20.0. The summed E-state index contributed by atoms with van der Waals surface area (Å²) < 4.78 is 28.2. The van der Waals surface area contributed by atoms with Gasteiger partial charge in [-0.25, -0.2) is 18.3 Å². The molecule has 2 atom stereocenters. The molecule has 9 heteroatoms. The number of alkyl halides is 1. The molecule has 0 radical (unpaired) electrons. The minimum Gasteiger partial charge on any atom is -0.351 e. The van der Waals surface area contributed by atoms with E-state index in [2.05, 4.69) is 10.3 Å². The number of likely N-dealkylation sites (tertiary alicyclic amines) is 1. The highest BCUT2D eigenvalue weighted by Gasteiger charge is 2.34. The van der Waals surface area contributed by atoms with Crippen molar-refractivity contribution in [2.24, 2.45) is 5.73 Å². The van der Waals surface area contributed by atoms with E-state index in [0.29, 0.717) is 11.3 Å². The fourth-order valence-corrected chi connectivity index (χ4v) is 2.87. The summed E-state index contributed by atoms with van der Waals surface area (Å²) in [6, 6.07) is 3.22. The fourth-order valence-electron chi connectivity index (χ4n) is 2.69. The van der Waals surface area contributed by atoms with Crippen LogP contribution in [0.5, 0.6) is 0 Å². The second-order valence-electron chi connectivity index (χ2n) is 5.43. The summed E-state index contributed by atoms with van der Waals surface area (Å²) in [5, 5.41) is 7.94. The molecule has 1 fully saturated rings. The third kappa shape index (κ3) is 3.64. The van der Waals surface area contributed by atoms with Gasteiger partial charge in [0.25, 0.3) is 0 Å². The third-order valence-electron chi connectivity index (χ3n) is 3.80. The van der Waals surface area contributed by atoms with Crippen molar-refractivity contribution in [3.8, 4) is 11.3 Å². The predicted molar refractivity (Wildman–Crippen MR) is 86.7 cm³/mol. The lowest BCUT2D eigenvalue weighted by atomic mass is 10.1. The van der Waals surface area contributed by atoms with Crippen molar-refractivity contribution in [2.75, 3.05) is 6.54 Å². The molecular weight excluding hydrogens is 340 g/mol. The number of nitrogens with zero attached hydrogens (tertiary/aromatic N) is 4. The average Bonchev–Trinajstić information content (AvgIpc) is 3.09. The van der Waals surface area contributed by atoms with Crippen LogP contribution >= 0.6 is 11.6 Å². The quantitative estimate of drug-likeness (QED) is 0.917. The molecule has 0 aliphatic carbocycles. The molecule has 1 aliphatic rings. The molecule has 3 rings (SSSR count). The summed E-state index contributed by atoms with van der Waals surface area (Å²) >= 11 is 5.75. The van der Waals surface area contributed by atoms with Crippen molar-refractivity contribution in [1.29, 1.82) is 0 Å². The van der Waals surface area contributed by atoms with E-state index < -0.39 is 18.0 Å². The molecule has 2 aromatic rings. The van der Waals surface area contributed by atoms with E-state index in [9.17, 15) is 13.6 Å². The number of nitrogens with two attached hydrogens (primary N) is 1. The lowest BCUT2D eigenvalue weighted by molar-refractivity contribution is 0.193. The maximum atomic E-state index is 13.5. The summed E-state index contributed by atoms with van der Waals surface area (Å²) in [5.41, 5.74) is 6.38. The van der Waals surface area contributed by atoms with Crippen LogP contribution in [0.2, 0.25) is 5.02 Å². The van der Waals surface area contributed by atoms with Gasteiger partial charge in [-0.3, -0.25) is 0 Å². The van der Waals surface area contributed by atoms with E-state index in [-0.39, 0.29) is 38.0 Å². The van der Waals surface area contributed by atoms with Crippen molar-refractivity contribution in [1.82, 2.24) is 19.9 Å². The van der Waals surface area contributed by atoms with E-state index in [0.717, 1.165) is 0 Å². The van der Waals surface area contributed by atoms with Crippen LogP contribution in [0.15, 0.2) is 24.4 Å². The number of benzene rings is 1. The molecule has 0 spiro atoms. The molecule has 0 bridgehead atoms. The molecule has 2 N–H and O–H groups in total. The molecule has 1 saturated heterocycles. The van der Waals surface area contributed by atoms with Crippen molar-refractivity contribution in [3.63, 3.8) is 0 Å². The molecule has 0 unspecified atom stereocenters. The number of primary amides is 1. The van der Waals surface area contributed by atoms with Crippen molar-refractivity contribution < 1.29 is 13.6 Å². The maximum Gasteiger partial charge on any atom is 0.315 e. The molecule has 2 heterocycles. The van der Waals surface area contributed by atoms with Crippen LogP contribution in [-0.2, 0) is 6.54 Å². The van der Waals surface area contributed by atoms with Gasteiger partial charge in [-0.1, -0.05) is 24.2 Å². The van der Waals surface area contributed by atoms with Crippen LogP contribution in [-0.4, -0.2) is 44.7 Å². The Labute approximate surface area is 143 Å². The Morgan fingerprint density at radius 2 is 2.21 bits per heavy atom. The Kier molecular flexibility index (Phi) is 5.38. The predicted octanol–water partition coefficient (Wildman–Crippen LogP) is 2.86. The second-order valence-corrected chi connectivity index (χ2v) is 5.84. The van der Waals surface area contributed by atoms with Gasteiger partial charge >= 0.3 is 6.03 Å². The van der Waals surface area contributed by atoms with Gasteiger partial charge in [0.05, 0.1) is 30.4 Å². The first-order chi connectivity index (χ1) is 10.9. The monoisotopic (exact) mass is 357 g/mol. The Morgan fingerprint density at radius 3 is 2.88 bits per heavy atom. The average molecular weight is 358 g/mol. The van der Waals surface area contributed by atoms with E-state index in [1.165, 1.54) is 21.7 Å². The fraction of sp³-hybridized carbons (Fsp3) is 0.400. The van der Waals surface area contributed by atoms with Gasteiger partial charge in [0.2, 0.25) is 0 Å². The molecule has 6 nitrogen and oxygen atoms in total. The van der Waals surface area contributed by atoms with Crippen LogP contribution in [0.4, 0.5) is 13.6 Å². The molecular formula is C15H18ClF2N5O. The van der Waals surface area contributed by atoms with Crippen LogP contribution in [0.3, 0.4) is 0 Å². The molecule has 1 aromatic carbocycles. The zero-order valence-electron chi connectivity index (χ0n) is 12.0. The summed E-state index contributed by atoms with van der Waals surface area (Å²) in [6.07, 6.45) is 0.751. The standard InChI is InChI=1S/C14H14ClF2N5O.CH4/c15-11-3-8(1-2-12(11)17)13-7-21(20-19-13)6-10-4-9(16)5-22(10)14(18)23;/h1-3,7,9-10H,4-6H2,(H2,18,23);1H4/t9-,10+;/m1./s1. The highest BCUT2D eigenvalue weighted by atomic mass is 35.5. The van der Waals surface area contributed by atoms with Gasteiger partial charge in [0, 0.05) is 12.0 Å². The Balaban J connectivity index is 0.00000208. The number of carbonyl (C=O) groups excluding carboxylic acids is 1. The van der Waals surface area contributed by atoms with Crippen LogP contribution in [0, 0.1) is 5.82 Å². The number of amides is 2. The number of hydrogen-bond acceptors (Lipinski definition) is 3. The molecule has 24 heavy (non-hydrogen) atoms. The van der Waals surface area contributed by atoms with Gasteiger partial charge in [-0.15, -0.1) is 5.10 Å². The third-order valence-corrected chi connectivity index (χ3v) is 4.09. The zero-order chi connectivity index (χ0) is 16.6. The highest BCUT2D eigenvalue weighted by molar-refractivity contribution is 6.31. The molecule has 1 aliphatic heterocycles. The SMILES string of the molecule is C.NC(=O)N1C[C@H](F)C[C@H]1Cn1cc(-c2ccc(F)c(Cl)c2)nn1. The number of halogens is 3. The van der Waals surface area contributed by atoms with Crippen molar-refractivity contribution in [2.45, 2.75) is 32.6 Å². The maximum absolute atomic E-state index is 13.5. The smallest absolute Gasteiger partial charge is 0.315 e. The topological polar surface area (TPSA) is 77.0 Å². The Bertz CT molecular complexity index is 738. The zero-order valence-corrected chi connectivity index (χ0v) is 12.7. The molecule has 2 amide bonds. The van der Waals surface area contributed by atoms with E-state index in [1.54, 1.807) is 12.3 Å². The Hall–Kier alpha value is -2.22. The summed E-state index contributed by atoms with van der Waals surface area (Å²) in [7, 11) is 0. The van der Waals surface area contributed by atoms with Crippen LogP contribution < -0.4 is 5.73 Å². The number of carbonyl (C=O) groups is 1. The minimum atomic E-state index is -1.09. The van der Waals surface area contributed by atoms with Crippen LogP contribution in [0.25, 0.3) is 11.3 Å². The van der Waals surface area contributed by atoms with E-state index in [1.807, 2.05) is 0 Å². The van der Waals surface area contributed by atoms with Crippen LogP contribution in [0.1, 0.15) is 13.8 Å². The molecule has 0 saturated carbocycles. The lowest BCUT2D eigenvalue weighted by Crippen LogP contribution is -2.41.